The number of Topliss-reactive ketones (excluding diaryl/α,β-unsaturated/α-hetero) is 1. The molecule has 4 nitrogen and oxygen atoms in total. The number of hydrogen-bond donors (Lipinski definition) is 0. The van der Waals surface area contributed by atoms with Crippen molar-refractivity contribution in [2.24, 2.45) is 5.92 Å². The molecule has 0 N–H and O–H groups in total. The van der Waals surface area contributed by atoms with E-state index in [2.05, 4.69) is 24.2 Å². The van der Waals surface area contributed by atoms with Crippen LogP contribution in [-0.4, -0.2) is 20.8 Å². The maximum absolute atomic E-state index is 10.7. The Bertz CT molecular complexity index is 317. The van der Waals surface area contributed by atoms with Crippen LogP contribution in [0.2, 0.25) is 0 Å². The minimum absolute atomic E-state index is 0.234. The zero-order chi connectivity index (χ0) is 11.3. The predicted molar refractivity (Wildman–Crippen MR) is 58.5 cm³/mol. The number of aryl methyl sites for hydroxylation is 1. The van der Waals surface area contributed by atoms with Crippen LogP contribution in [0.3, 0.4) is 0 Å². The summed E-state index contributed by atoms with van der Waals surface area (Å²) in [5.41, 5.74) is 1.04. The van der Waals surface area contributed by atoms with E-state index in [9.17, 15) is 4.79 Å². The summed E-state index contributed by atoms with van der Waals surface area (Å²) in [6.45, 7) is 6.72. The Morgan fingerprint density at radius 3 is 2.87 bits per heavy atom. The van der Waals surface area contributed by atoms with Gasteiger partial charge in [0.25, 0.3) is 0 Å². The molecule has 0 fully saturated rings. The first-order chi connectivity index (χ1) is 7.08. The van der Waals surface area contributed by atoms with Gasteiger partial charge >= 0.3 is 0 Å². The molecule has 0 unspecified atom stereocenters. The molecular weight excluding hydrogens is 190 g/mol. The Labute approximate surface area is 90.7 Å². The molecule has 0 amide bonds. The second-order valence-corrected chi connectivity index (χ2v) is 4.38. The summed E-state index contributed by atoms with van der Waals surface area (Å²) >= 11 is 0. The number of hydrogen-bond acceptors (Lipinski definition) is 3. The fourth-order valence-electron chi connectivity index (χ4n) is 1.45. The first-order valence-electron chi connectivity index (χ1n) is 5.46. The topological polar surface area (TPSA) is 47.8 Å². The maximum atomic E-state index is 10.7. The van der Waals surface area contributed by atoms with E-state index in [0.29, 0.717) is 12.3 Å². The third kappa shape index (κ3) is 4.72. The van der Waals surface area contributed by atoms with Crippen LogP contribution in [0.4, 0.5) is 0 Å². The van der Waals surface area contributed by atoms with Gasteiger partial charge in [-0.15, -0.1) is 5.10 Å². The van der Waals surface area contributed by atoms with Crippen molar-refractivity contribution in [3.8, 4) is 0 Å². The smallest absolute Gasteiger partial charge is 0.129 e. The fourth-order valence-corrected chi connectivity index (χ4v) is 1.45. The molecule has 0 aliphatic heterocycles. The Kier molecular flexibility index (Phi) is 4.46. The molecule has 0 saturated carbocycles. The molecule has 84 valence electrons. The molecular formula is C11H19N3O. The molecule has 1 rings (SSSR count). The number of carbonyl (C=O) groups excluding carboxylic acids is 1. The molecule has 0 atom stereocenters. The van der Waals surface area contributed by atoms with Crippen molar-refractivity contribution in [2.45, 2.75) is 46.6 Å². The highest BCUT2D eigenvalue weighted by molar-refractivity contribution is 5.75. The number of aromatic nitrogens is 3. The van der Waals surface area contributed by atoms with Crippen molar-refractivity contribution in [3.63, 3.8) is 0 Å². The molecule has 1 aromatic rings. The summed E-state index contributed by atoms with van der Waals surface area (Å²) in [4.78, 5) is 10.7. The average molecular weight is 209 g/mol. The molecule has 15 heavy (non-hydrogen) atoms. The Morgan fingerprint density at radius 2 is 2.27 bits per heavy atom. The average Bonchev–Trinajstić information content (AvgIpc) is 2.50. The van der Waals surface area contributed by atoms with Gasteiger partial charge in [0.2, 0.25) is 0 Å². The molecule has 0 aliphatic rings. The van der Waals surface area contributed by atoms with Crippen LogP contribution < -0.4 is 0 Å². The van der Waals surface area contributed by atoms with Crippen molar-refractivity contribution >= 4 is 5.78 Å². The van der Waals surface area contributed by atoms with Gasteiger partial charge in [-0.2, -0.15) is 0 Å². The molecule has 0 aromatic carbocycles. The van der Waals surface area contributed by atoms with Crippen LogP contribution in [0.1, 0.15) is 39.3 Å². The molecule has 0 radical (unpaired) electrons. The SMILES string of the molecule is CC(=O)CCCn1cc(CC(C)C)nn1. The second kappa shape index (κ2) is 5.63. The highest BCUT2D eigenvalue weighted by Gasteiger charge is 2.03. The Hall–Kier alpha value is -1.19. The van der Waals surface area contributed by atoms with Gasteiger partial charge in [-0.05, 0) is 25.7 Å². The normalized spacial score (nSPS) is 10.9. The van der Waals surface area contributed by atoms with E-state index in [1.54, 1.807) is 6.92 Å². The van der Waals surface area contributed by atoms with Crippen molar-refractivity contribution in [1.29, 1.82) is 0 Å². The minimum atomic E-state index is 0.234. The highest BCUT2D eigenvalue weighted by atomic mass is 16.1. The van der Waals surface area contributed by atoms with Gasteiger partial charge in [0, 0.05) is 19.2 Å². The molecule has 0 saturated heterocycles. The largest absolute Gasteiger partial charge is 0.300 e. The van der Waals surface area contributed by atoms with Gasteiger partial charge in [0.1, 0.15) is 5.78 Å². The molecule has 0 bridgehead atoms. The lowest BCUT2D eigenvalue weighted by atomic mass is 10.1. The molecule has 0 aliphatic carbocycles. The Balaban J connectivity index is 2.36. The minimum Gasteiger partial charge on any atom is -0.300 e. The molecule has 1 heterocycles. The lowest BCUT2D eigenvalue weighted by molar-refractivity contribution is -0.117. The van der Waals surface area contributed by atoms with Crippen LogP contribution in [0.15, 0.2) is 6.20 Å². The monoisotopic (exact) mass is 209 g/mol. The summed E-state index contributed by atoms with van der Waals surface area (Å²) in [5, 5.41) is 8.10. The second-order valence-electron chi connectivity index (χ2n) is 4.38. The van der Waals surface area contributed by atoms with Crippen LogP contribution in [0.25, 0.3) is 0 Å². The lowest BCUT2D eigenvalue weighted by Gasteiger charge is -1.99. The quantitative estimate of drug-likeness (QED) is 0.718. The van der Waals surface area contributed by atoms with Crippen LogP contribution in [-0.2, 0) is 17.8 Å². The van der Waals surface area contributed by atoms with Gasteiger partial charge in [-0.25, -0.2) is 0 Å². The van der Waals surface area contributed by atoms with E-state index in [-0.39, 0.29) is 5.78 Å². The van der Waals surface area contributed by atoms with Gasteiger partial charge in [0.15, 0.2) is 0 Å². The highest BCUT2D eigenvalue weighted by Crippen LogP contribution is 2.04. The fraction of sp³-hybridized carbons (Fsp3) is 0.727. The zero-order valence-corrected chi connectivity index (χ0v) is 9.73. The van der Waals surface area contributed by atoms with Crippen molar-refractivity contribution in [3.05, 3.63) is 11.9 Å². The lowest BCUT2D eigenvalue weighted by Crippen LogP contribution is -2.01. The van der Waals surface area contributed by atoms with E-state index in [1.165, 1.54) is 0 Å². The summed E-state index contributed by atoms with van der Waals surface area (Å²) in [6.07, 6.45) is 4.41. The zero-order valence-electron chi connectivity index (χ0n) is 9.73. The summed E-state index contributed by atoms with van der Waals surface area (Å²) in [7, 11) is 0. The predicted octanol–water partition coefficient (Wildman–Crippen LogP) is 1.85. The third-order valence-corrected chi connectivity index (χ3v) is 2.12. The first kappa shape index (κ1) is 11.9. The van der Waals surface area contributed by atoms with Gasteiger partial charge in [-0.1, -0.05) is 19.1 Å². The van der Waals surface area contributed by atoms with E-state index < -0.39 is 0 Å². The molecule has 0 spiro atoms. The maximum Gasteiger partial charge on any atom is 0.129 e. The number of rotatable bonds is 6. The van der Waals surface area contributed by atoms with Crippen LogP contribution >= 0.6 is 0 Å². The van der Waals surface area contributed by atoms with E-state index >= 15 is 0 Å². The van der Waals surface area contributed by atoms with Crippen molar-refractivity contribution in [2.75, 3.05) is 0 Å². The van der Waals surface area contributed by atoms with Crippen molar-refractivity contribution in [1.82, 2.24) is 15.0 Å². The van der Waals surface area contributed by atoms with Gasteiger partial charge < -0.3 is 4.79 Å². The number of nitrogens with zero attached hydrogens (tertiary/aromatic N) is 3. The summed E-state index contributed by atoms with van der Waals surface area (Å²) in [6, 6.07) is 0. The number of ketones is 1. The summed E-state index contributed by atoms with van der Waals surface area (Å²) < 4.78 is 1.82. The van der Waals surface area contributed by atoms with Crippen molar-refractivity contribution < 1.29 is 4.79 Å². The number of carbonyl (C=O) groups is 1. The van der Waals surface area contributed by atoms with Crippen LogP contribution in [0.5, 0.6) is 0 Å². The van der Waals surface area contributed by atoms with E-state index in [0.717, 1.165) is 25.1 Å². The van der Waals surface area contributed by atoms with Gasteiger partial charge in [0.05, 0.1) is 5.69 Å². The third-order valence-electron chi connectivity index (χ3n) is 2.12. The van der Waals surface area contributed by atoms with Crippen LogP contribution in [0, 0.1) is 5.92 Å². The Morgan fingerprint density at radius 1 is 1.53 bits per heavy atom. The van der Waals surface area contributed by atoms with Gasteiger partial charge in [-0.3, -0.25) is 4.68 Å². The standard InChI is InChI=1S/C11H19N3O/c1-9(2)7-11-8-14(13-12-11)6-4-5-10(3)15/h8-9H,4-7H2,1-3H3. The summed E-state index contributed by atoms with van der Waals surface area (Å²) in [5.74, 6) is 0.838. The molecule has 4 heteroatoms. The van der Waals surface area contributed by atoms with E-state index in [4.69, 9.17) is 0 Å². The molecule has 1 aromatic heterocycles. The first-order valence-corrected chi connectivity index (χ1v) is 5.46. The van der Waals surface area contributed by atoms with E-state index in [1.807, 2.05) is 10.9 Å².